The molecule has 1 amide bonds. The highest BCUT2D eigenvalue weighted by atomic mass is 79.9. The molecule has 0 atom stereocenters. The van der Waals surface area contributed by atoms with E-state index in [4.69, 9.17) is 4.74 Å². The molecule has 150 valence electrons. The van der Waals surface area contributed by atoms with Gasteiger partial charge < -0.3 is 4.74 Å². The molecule has 0 aliphatic carbocycles. The van der Waals surface area contributed by atoms with Crippen molar-refractivity contribution in [1.82, 2.24) is 15.6 Å². The lowest BCUT2D eigenvalue weighted by atomic mass is 10.2. The lowest BCUT2D eigenvalue weighted by molar-refractivity contribution is -0.118. The fraction of sp³-hybridized carbons (Fsp3) is 0.200. The first kappa shape index (κ1) is 21.5. The number of nitrogens with one attached hydrogen (secondary N) is 1. The fourth-order valence-electron chi connectivity index (χ4n) is 2.26. The van der Waals surface area contributed by atoms with E-state index in [1.807, 2.05) is 55.5 Å². The Kier molecular flexibility index (Phi) is 8.21. The number of hydrogen-bond donors (Lipinski definition) is 1. The molecule has 6 nitrogen and oxygen atoms in total. The maximum atomic E-state index is 12.1. The van der Waals surface area contributed by atoms with Gasteiger partial charge in [0.15, 0.2) is 4.34 Å². The van der Waals surface area contributed by atoms with Crippen molar-refractivity contribution in [2.45, 2.75) is 17.7 Å². The molecule has 0 unspecified atom stereocenters. The molecule has 0 bridgehead atoms. The zero-order valence-electron chi connectivity index (χ0n) is 15.7. The summed E-state index contributed by atoms with van der Waals surface area (Å²) >= 11 is 6.23. The third-order valence-corrected chi connectivity index (χ3v) is 6.18. The van der Waals surface area contributed by atoms with Crippen molar-refractivity contribution >= 4 is 51.2 Å². The maximum Gasteiger partial charge on any atom is 0.250 e. The van der Waals surface area contributed by atoms with E-state index in [1.165, 1.54) is 23.1 Å². The molecule has 9 heteroatoms. The van der Waals surface area contributed by atoms with E-state index in [2.05, 4.69) is 36.7 Å². The van der Waals surface area contributed by atoms with E-state index in [0.29, 0.717) is 6.61 Å². The molecule has 0 fully saturated rings. The van der Waals surface area contributed by atoms with E-state index < -0.39 is 0 Å². The largest absolute Gasteiger partial charge is 0.493 e. The standard InChI is InChI=1S/C20H19BrN4O2S2/c1-2-10-27-17-9-8-16(21)11-15(17)12-22-23-18(26)13-28-20-25-24-19(29-20)14-6-4-3-5-7-14/h3-9,11-12H,2,10,13H2,1H3,(H,23,26). The molecule has 0 saturated heterocycles. The van der Waals surface area contributed by atoms with Crippen LogP contribution in [0.15, 0.2) is 62.4 Å². The Bertz CT molecular complexity index is 980. The third kappa shape index (κ3) is 6.66. The molecule has 1 N–H and O–H groups in total. The molecule has 0 aliphatic heterocycles. The van der Waals surface area contributed by atoms with Crippen LogP contribution in [0.1, 0.15) is 18.9 Å². The molecule has 0 spiro atoms. The fourth-order valence-corrected chi connectivity index (χ4v) is 4.29. The highest BCUT2D eigenvalue weighted by Crippen LogP contribution is 2.29. The first-order chi connectivity index (χ1) is 14.2. The molecule has 1 aromatic heterocycles. The van der Waals surface area contributed by atoms with Gasteiger partial charge in [-0.25, -0.2) is 5.43 Å². The minimum absolute atomic E-state index is 0.207. The quantitative estimate of drug-likeness (QED) is 0.259. The molecule has 1 heterocycles. The Morgan fingerprint density at radius 3 is 2.90 bits per heavy atom. The minimum atomic E-state index is -0.214. The van der Waals surface area contributed by atoms with Crippen LogP contribution in [0.2, 0.25) is 0 Å². The topological polar surface area (TPSA) is 76.5 Å². The van der Waals surface area contributed by atoms with Gasteiger partial charge in [0.05, 0.1) is 18.6 Å². The van der Waals surface area contributed by atoms with Crippen molar-refractivity contribution in [2.75, 3.05) is 12.4 Å². The molecule has 3 rings (SSSR count). The number of hydrazone groups is 1. The van der Waals surface area contributed by atoms with Gasteiger partial charge in [-0.2, -0.15) is 5.10 Å². The van der Waals surface area contributed by atoms with Crippen molar-refractivity contribution in [3.05, 3.63) is 58.6 Å². The van der Waals surface area contributed by atoms with Gasteiger partial charge in [0.1, 0.15) is 10.8 Å². The van der Waals surface area contributed by atoms with E-state index in [-0.39, 0.29) is 11.7 Å². The zero-order valence-corrected chi connectivity index (χ0v) is 18.9. The summed E-state index contributed by atoms with van der Waals surface area (Å²) < 4.78 is 7.35. The van der Waals surface area contributed by atoms with E-state index in [0.717, 1.165) is 37.1 Å². The number of nitrogens with zero attached hydrogens (tertiary/aromatic N) is 3. The number of carbonyl (C=O) groups is 1. The summed E-state index contributed by atoms with van der Waals surface area (Å²) in [5, 5.41) is 13.2. The van der Waals surface area contributed by atoms with Crippen LogP contribution in [0.5, 0.6) is 5.75 Å². The van der Waals surface area contributed by atoms with Crippen LogP contribution >= 0.6 is 39.0 Å². The van der Waals surface area contributed by atoms with Crippen LogP contribution in [0.3, 0.4) is 0 Å². The smallest absolute Gasteiger partial charge is 0.250 e. The molecular formula is C20H19BrN4O2S2. The number of rotatable bonds is 9. The monoisotopic (exact) mass is 490 g/mol. The van der Waals surface area contributed by atoms with Crippen molar-refractivity contribution in [3.8, 4) is 16.3 Å². The number of halogens is 1. The van der Waals surface area contributed by atoms with Crippen LogP contribution in [0.25, 0.3) is 10.6 Å². The normalized spacial score (nSPS) is 11.0. The Balaban J connectivity index is 1.52. The van der Waals surface area contributed by atoms with Gasteiger partial charge in [-0.15, -0.1) is 10.2 Å². The number of hydrogen-bond acceptors (Lipinski definition) is 7. The Labute approximate surface area is 185 Å². The SMILES string of the molecule is CCCOc1ccc(Br)cc1C=NNC(=O)CSc1nnc(-c2ccccc2)s1. The van der Waals surface area contributed by atoms with Crippen LogP contribution in [-0.2, 0) is 4.79 Å². The van der Waals surface area contributed by atoms with Gasteiger partial charge in [-0.05, 0) is 24.6 Å². The summed E-state index contributed by atoms with van der Waals surface area (Å²) in [5.74, 6) is 0.719. The predicted octanol–water partition coefficient (Wildman–Crippen LogP) is 5.00. The summed E-state index contributed by atoms with van der Waals surface area (Å²) in [6.45, 7) is 2.67. The van der Waals surface area contributed by atoms with Crippen molar-refractivity contribution < 1.29 is 9.53 Å². The summed E-state index contributed by atoms with van der Waals surface area (Å²) in [7, 11) is 0. The first-order valence-corrected chi connectivity index (χ1v) is 11.5. The number of carbonyl (C=O) groups excluding carboxylic acids is 1. The Morgan fingerprint density at radius 2 is 2.10 bits per heavy atom. The van der Waals surface area contributed by atoms with Crippen molar-refractivity contribution in [3.63, 3.8) is 0 Å². The second kappa shape index (κ2) is 11.1. The number of ether oxygens (including phenoxy) is 1. The number of amides is 1. The molecule has 29 heavy (non-hydrogen) atoms. The third-order valence-electron chi connectivity index (χ3n) is 3.58. The Morgan fingerprint density at radius 1 is 1.28 bits per heavy atom. The lowest BCUT2D eigenvalue weighted by Gasteiger charge is -2.08. The second-order valence-electron chi connectivity index (χ2n) is 5.85. The number of aromatic nitrogens is 2. The van der Waals surface area contributed by atoms with Crippen LogP contribution < -0.4 is 10.2 Å². The molecular weight excluding hydrogens is 472 g/mol. The molecule has 0 aliphatic rings. The molecule has 0 saturated carbocycles. The summed E-state index contributed by atoms with van der Waals surface area (Å²) in [5.41, 5.74) is 4.34. The summed E-state index contributed by atoms with van der Waals surface area (Å²) in [4.78, 5) is 12.1. The second-order valence-corrected chi connectivity index (χ2v) is 8.97. The first-order valence-electron chi connectivity index (χ1n) is 8.91. The summed E-state index contributed by atoms with van der Waals surface area (Å²) in [6, 6.07) is 15.5. The van der Waals surface area contributed by atoms with Crippen LogP contribution in [0.4, 0.5) is 0 Å². The van der Waals surface area contributed by atoms with E-state index >= 15 is 0 Å². The molecule has 3 aromatic rings. The van der Waals surface area contributed by atoms with E-state index in [1.54, 1.807) is 6.21 Å². The van der Waals surface area contributed by atoms with Crippen molar-refractivity contribution in [1.29, 1.82) is 0 Å². The van der Waals surface area contributed by atoms with Crippen LogP contribution in [0, 0.1) is 0 Å². The predicted molar refractivity (Wildman–Crippen MR) is 122 cm³/mol. The van der Waals surface area contributed by atoms with Gasteiger partial charge in [0.2, 0.25) is 0 Å². The highest BCUT2D eigenvalue weighted by molar-refractivity contribution is 9.10. The number of thioether (sulfide) groups is 1. The summed E-state index contributed by atoms with van der Waals surface area (Å²) in [6.07, 6.45) is 2.50. The average Bonchev–Trinajstić information content (AvgIpc) is 3.21. The lowest BCUT2D eigenvalue weighted by Crippen LogP contribution is -2.19. The minimum Gasteiger partial charge on any atom is -0.493 e. The van der Waals surface area contributed by atoms with Gasteiger partial charge in [0.25, 0.3) is 5.91 Å². The van der Waals surface area contributed by atoms with Crippen LogP contribution in [-0.4, -0.2) is 34.7 Å². The highest BCUT2D eigenvalue weighted by Gasteiger charge is 2.09. The van der Waals surface area contributed by atoms with E-state index in [9.17, 15) is 4.79 Å². The molecule has 2 aromatic carbocycles. The molecule has 0 radical (unpaired) electrons. The van der Waals surface area contributed by atoms with Gasteiger partial charge in [-0.3, -0.25) is 4.79 Å². The number of benzene rings is 2. The van der Waals surface area contributed by atoms with Gasteiger partial charge in [0, 0.05) is 15.6 Å². The maximum absolute atomic E-state index is 12.1. The Hall–Kier alpha value is -2.23. The van der Waals surface area contributed by atoms with Gasteiger partial charge >= 0.3 is 0 Å². The average molecular weight is 491 g/mol. The van der Waals surface area contributed by atoms with Gasteiger partial charge in [-0.1, -0.05) is 76.3 Å². The van der Waals surface area contributed by atoms with Crippen molar-refractivity contribution in [2.24, 2.45) is 5.10 Å². The zero-order chi connectivity index (χ0) is 20.5.